The van der Waals surface area contributed by atoms with Crippen molar-refractivity contribution in [3.05, 3.63) is 18.1 Å². The molecule has 98 valence electrons. The van der Waals surface area contributed by atoms with Crippen molar-refractivity contribution >= 4 is 5.82 Å². The molecule has 1 aromatic heterocycles. The van der Waals surface area contributed by atoms with Gasteiger partial charge in [0, 0.05) is 6.20 Å². The second-order valence-electron chi connectivity index (χ2n) is 5.28. The summed E-state index contributed by atoms with van der Waals surface area (Å²) in [6.07, 6.45) is 5.11. The summed E-state index contributed by atoms with van der Waals surface area (Å²) in [5.74, 6) is 1.71. The zero-order valence-electron chi connectivity index (χ0n) is 10.8. The van der Waals surface area contributed by atoms with Gasteiger partial charge < -0.3 is 15.4 Å². The topological polar surface area (TPSA) is 59.1 Å². The first-order chi connectivity index (χ1) is 8.76. The number of anilines is 1. The van der Waals surface area contributed by atoms with Gasteiger partial charge in [-0.25, -0.2) is 9.97 Å². The lowest BCUT2D eigenvalue weighted by Crippen LogP contribution is -2.41. The maximum absolute atomic E-state index is 6.05. The van der Waals surface area contributed by atoms with Gasteiger partial charge in [-0.2, -0.15) is 0 Å². The molecular formula is C13H20N4O. The molecule has 5 nitrogen and oxygen atoms in total. The van der Waals surface area contributed by atoms with Gasteiger partial charge in [0.15, 0.2) is 0 Å². The fraction of sp³-hybridized carbons (Fsp3) is 0.692. The number of piperidine rings is 1. The molecule has 18 heavy (non-hydrogen) atoms. The van der Waals surface area contributed by atoms with Gasteiger partial charge in [0.1, 0.15) is 11.6 Å². The van der Waals surface area contributed by atoms with Gasteiger partial charge in [-0.3, -0.25) is 0 Å². The van der Waals surface area contributed by atoms with Gasteiger partial charge in [0.2, 0.25) is 0 Å². The van der Waals surface area contributed by atoms with Crippen LogP contribution in [-0.4, -0.2) is 41.3 Å². The van der Waals surface area contributed by atoms with E-state index in [-0.39, 0.29) is 5.60 Å². The molecule has 1 spiro atoms. The van der Waals surface area contributed by atoms with Crippen molar-refractivity contribution in [2.45, 2.75) is 37.8 Å². The van der Waals surface area contributed by atoms with E-state index in [1.807, 2.05) is 13.0 Å². The number of hydrogen-bond donors (Lipinski definition) is 2. The third-order valence-corrected chi connectivity index (χ3v) is 3.85. The van der Waals surface area contributed by atoms with E-state index in [1.54, 1.807) is 6.20 Å². The second-order valence-corrected chi connectivity index (χ2v) is 5.28. The molecule has 0 aromatic carbocycles. The van der Waals surface area contributed by atoms with Gasteiger partial charge in [-0.05, 0) is 45.3 Å². The predicted octanol–water partition coefficient (Wildman–Crippen LogP) is 1.11. The monoisotopic (exact) mass is 248 g/mol. The van der Waals surface area contributed by atoms with Crippen molar-refractivity contribution in [3.63, 3.8) is 0 Å². The van der Waals surface area contributed by atoms with Crippen molar-refractivity contribution in [1.29, 1.82) is 0 Å². The Morgan fingerprint density at radius 2 is 2.28 bits per heavy atom. The van der Waals surface area contributed by atoms with E-state index < -0.39 is 0 Å². The second kappa shape index (κ2) is 4.82. The predicted molar refractivity (Wildman–Crippen MR) is 69.6 cm³/mol. The van der Waals surface area contributed by atoms with Crippen LogP contribution < -0.4 is 10.6 Å². The van der Waals surface area contributed by atoms with Crippen molar-refractivity contribution < 1.29 is 4.74 Å². The third-order valence-electron chi connectivity index (χ3n) is 3.85. The lowest BCUT2D eigenvalue weighted by atomic mass is 9.88. The van der Waals surface area contributed by atoms with Crippen LogP contribution in [0.3, 0.4) is 0 Å². The van der Waals surface area contributed by atoms with E-state index in [4.69, 9.17) is 4.74 Å². The molecule has 1 aromatic rings. The summed E-state index contributed by atoms with van der Waals surface area (Å²) in [5, 5.41) is 6.84. The molecule has 0 aliphatic carbocycles. The molecule has 2 saturated heterocycles. The Morgan fingerprint density at radius 3 is 3.06 bits per heavy atom. The minimum absolute atomic E-state index is 0.102. The minimum Gasteiger partial charge on any atom is -0.373 e. The molecule has 2 fully saturated rings. The molecule has 5 heteroatoms. The maximum Gasteiger partial charge on any atom is 0.129 e. The van der Waals surface area contributed by atoms with Gasteiger partial charge >= 0.3 is 0 Å². The molecule has 0 radical (unpaired) electrons. The third kappa shape index (κ3) is 2.47. The molecular weight excluding hydrogens is 228 g/mol. The van der Waals surface area contributed by atoms with Crippen molar-refractivity contribution in [2.75, 3.05) is 25.0 Å². The van der Waals surface area contributed by atoms with Crippen LogP contribution in [0.5, 0.6) is 0 Å². The van der Waals surface area contributed by atoms with Gasteiger partial charge in [0.25, 0.3) is 0 Å². The molecule has 3 rings (SSSR count). The molecule has 2 N–H and O–H groups in total. The number of aryl methyl sites for hydroxylation is 1. The number of aromatic nitrogens is 2. The van der Waals surface area contributed by atoms with Crippen LogP contribution in [0.4, 0.5) is 5.82 Å². The quantitative estimate of drug-likeness (QED) is 0.821. The van der Waals surface area contributed by atoms with Crippen LogP contribution in [0.2, 0.25) is 0 Å². The van der Waals surface area contributed by atoms with Crippen LogP contribution in [-0.2, 0) is 4.74 Å². The van der Waals surface area contributed by atoms with Gasteiger partial charge in [-0.15, -0.1) is 0 Å². The summed E-state index contributed by atoms with van der Waals surface area (Å²) in [4.78, 5) is 8.49. The van der Waals surface area contributed by atoms with E-state index in [1.165, 1.54) is 0 Å². The fourth-order valence-electron chi connectivity index (χ4n) is 2.91. The first kappa shape index (κ1) is 11.9. The number of rotatable bonds is 2. The van der Waals surface area contributed by atoms with Crippen molar-refractivity contribution in [3.8, 4) is 0 Å². The van der Waals surface area contributed by atoms with Crippen molar-refractivity contribution in [2.24, 2.45) is 0 Å². The normalized spacial score (nSPS) is 26.4. The number of nitrogens with one attached hydrogen (secondary N) is 2. The fourth-order valence-corrected chi connectivity index (χ4v) is 2.91. The average molecular weight is 248 g/mol. The highest BCUT2D eigenvalue weighted by Crippen LogP contribution is 2.34. The molecule has 1 atom stereocenters. The van der Waals surface area contributed by atoms with Crippen LogP contribution in [0.1, 0.15) is 25.1 Å². The average Bonchev–Trinajstić information content (AvgIpc) is 2.73. The summed E-state index contributed by atoms with van der Waals surface area (Å²) in [6, 6.07) is 2.29. The number of nitrogens with zero attached hydrogens (tertiary/aromatic N) is 2. The Bertz CT molecular complexity index is 417. The Hall–Kier alpha value is -1.20. The zero-order chi connectivity index (χ0) is 12.4. The molecule has 0 saturated carbocycles. The molecule has 3 heterocycles. The van der Waals surface area contributed by atoms with Gasteiger partial charge in [0.05, 0.1) is 18.2 Å². The van der Waals surface area contributed by atoms with Gasteiger partial charge in [-0.1, -0.05) is 0 Å². The standard InChI is InChI=1S/C13H20N4O/c1-10-15-5-2-12(16-10)17-11-8-13(18-9-11)3-6-14-7-4-13/h2,5,11,14H,3-4,6-9H2,1H3,(H,15,16,17). The Kier molecular flexibility index (Phi) is 3.18. The largest absolute Gasteiger partial charge is 0.373 e. The smallest absolute Gasteiger partial charge is 0.129 e. The number of hydrogen-bond acceptors (Lipinski definition) is 5. The highest BCUT2D eigenvalue weighted by Gasteiger charge is 2.41. The lowest BCUT2D eigenvalue weighted by molar-refractivity contribution is -0.0192. The minimum atomic E-state index is 0.102. The Labute approximate surface area is 107 Å². The van der Waals surface area contributed by atoms with E-state index in [0.717, 1.165) is 50.6 Å². The summed E-state index contributed by atoms with van der Waals surface area (Å²) >= 11 is 0. The molecule has 2 aliphatic heterocycles. The summed E-state index contributed by atoms with van der Waals surface area (Å²) < 4.78 is 6.05. The lowest BCUT2D eigenvalue weighted by Gasteiger charge is -2.32. The molecule has 0 bridgehead atoms. The first-order valence-electron chi connectivity index (χ1n) is 6.67. The van der Waals surface area contributed by atoms with Crippen LogP contribution in [0, 0.1) is 6.92 Å². The van der Waals surface area contributed by atoms with E-state index in [2.05, 4.69) is 20.6 Å². The zero-order valence-corrected chi connectivity index (χ0v) is 10.8. The Morgan fingerprint density at radius 1 is 1.44 bits per heavy atom. The summed E-state index contributed by atoms with van der Waals surface area (Å²) in [7, 11) is 0. The first-order valence-corrected chi connectivity index (χ1v) is 6.67. The summed E-state index contributed by atoms with van der Waals surface area (Å²) in [6.45, 7) is 4.83. The van der Waals surface area contributed by atoms with Crippen LogP contribution in [0.25, 0.3) is 0 Å². The van der Waals surface area contributed by atoms with Crippen LogP contribution >= 0.6 is 0 Å². The van der Waals surface area contributed by atoms with E-state index in [9.17, 15) is 0 Å². The molecule has 1 unspecified atom stereocenters. The highest BCUT2D eigenvalue weighted by atomic mass is 16.5. The molecule has 0 amide bonds. The summed E-state index contributed by atoms with van der Waals surface area (Å²) in [5.41, 5.74) is 0.102. The Balaban J connectivity index is 1.62. The maximum atomic E-state index is 6.05. The highest BCUT2D eigenvalue weighted by molar-refractivity contribution is 5.34. The van der Waals surface area contributed by atoms with E-state index in [0.29, 0.717) is 6.04 Å². The van der Waals surface area contributed by atoms with E-state index >= 15 is 0 Å². The number of ether oxygens (including phenoxy) is 1. The molecule has 2 aliphatic rings. The SMILES string of the molecule is Cc1nccc(NC2COC3(CCNCC3)C2)n1. The van der Waals surface area contributed by atoms with Crippen LogP contribution in [0.15, 0.2) is 12.3 Å². The van der Waals surface area contributed by atoms with Crippen molar-refractivity contribution in [1.82, 2.24) is 15.3 Å².